The van der Waals surface area contributed by atoms with Gasteiger partial charge in [0, 0.05) is 30.8 Å². The van der Waals surface area contributed by atoms with Crippen molar-refractivity contribution in [3.8, 4) is 0 Å². The van der Waals surface area contributed by atoms with Crippen molar-refractivity contribution in [2.24, 2.45) is 11.7 Å². The molecule has 3 N–H and O–H groups in total. The molecule has 1 rings (SSSR count). The molecule has 0 aliphatic carbocycles. The zero-order chi connectivity index (χ0) is 11.8. The molecule has 0 radical (unpaired) electrons. The molecular formula is C12H19N3O. The summed E-state index contributed by atoms with van der Waals surface area (Å²) in [7, 11) is 0. The van der Waals surface area contributed by atoms with Gasteiger partial charge in [0.2, 0.25) is 5.91 Å². The van der Waals surface area contributed by atoms with E-state index in [9.17, 15) is 4.79 Å². The lowest BCUT2D eigenvalue weighted by Crippen LogP contribution is -2.32. The first kappa shape index (κ1) is 12.6. The van der Waals surface area contributed by atoms with E-state index in [1.165, 1.54) is 0 Å². The van der Waals surface area contributed by atoms with E-state index in [-0.39, 0.29) is 11.8 Å². The van der Waals surface area contributed by atoms with Gasteiger partial charge in [-0.2, -0.15) is 0 Å². The smallest absolute Gasteiger partial charge is 0.222 e. The van der Waals surface area contributed by atoms with Crippen LogP contribution in [-0.2, 0) is 11.2 Å². The Hall–Kier alpha value is -1.42. The van der Waals surface area contributed by atoms with Crippen LogP contribution in [0.5, 0.6) is 0 Å². The number of hydrogen-bond donors (Lipinski definition) is 2. The number of hydrogen-bond acceptors (Lipinski definition) is 3. The topological polar surface area (TPSA) is 68.0 Å². The van der Waals surface area contributed by atoms with Crippen molar-refractivity contribution in [3.63, 3.8) is 0 Å². The molecule has 0 aliphatic heterocycles. The van der Waals surface area contributed by atoms with Crippen molar-refractivity contribution in [1.82, 2.24) is 10.3 Å². The second kappa shape index (κ2) is 6.95. The first-order chi connectivity index (χ1) is 7.74. The van der Waals surface area contributed by atoms with Crippen LogP contribution in [0.25, 0.3) is 0 Å². The lowest BCUT2D eigenvalue weighted by atomic mass is 10.1. The minimum Gasteiger partial charge on any atom is -0.355 e. The van der Waals surface area contributed by atoms with Gasteiger partial charge in [0.05, 0.1) is 0 Å². The molecule has 0 saturated carbocycles. The highest BCUT2D eigenvalue weighted by molar-refractivity contribution is 5.78. The predicted molar refractivity (Wildman–Crippen MR) is 63.8 cm³/mol. The van der Waals surface area contributed by atoms with Crippen LogP contribution in [0.1, 0.15) is 19.0 Å². The highest BCUT2D eigenvalue weighted by Gasteiger charge is 2.10. The Morgan fingerprint density at radius 3 is 3.00 bits per heavy atom. The number of nitrogens with zero attached hydrogens (tertiary/aromatic N) is 1. The summed E-state index contributed by atoms with van der Waals surface area (Å²) < 4.78 is 0. The summed E-state index contributed by atoms with van der Waals surface area (Å²) in [4.78, 5) is 15.7. The van der Waals surface area contributed by atoms with Gasteiger partial charge in [0.15, 0.2) is 0 Å². The van der Waals surface area contributed by atoms with Crippen molar-refractivity contribution in [1.29, 1.82) is 0 Å². The Morgan fingerprint density at radius 2 is 2.38 bits per heavy atom. The first-order valence-electron chi connectivity index (χ1n) is 5.61. The summed E-state index contributed by atoms with van der Waals surface area (Å²) in [5, 5.41) is 2.88. The van der Waals surface area contributed by atoms with Crippen LogP contribution in [0.4, 0.5) is 0 Å². The fourth-order valence-electron chi connectivity index (χ4n) is 1.42. The van der Waals surface area contributed by atoms with E-state index in [1.807, 2.05) is 25.1 Å². The van der Waals surface area contributed by atoms with Crippen molar-refractivity contribution in [3.05, 3.63) is 30.1 Å². The molecule has 1 heterocycles. The van der Waals surface area contributed by atoms with Gasteiger partial charge in [0.25, 0.3) is 0 Å². The molecule has 88 valence electrons. The van der Waals surface area contributed by atoms with Gasteiger partial charge >= 0.3 is 0 Å². The highest BCUT2D eigenvalue weighted by Crippen LogP contribution is 1.99. The summed E-state index contributed by atoms with van der Waals surface area (Å²) >= 11 is 0. The van der Waals surface area contributed by atoms with Gasteiger partial charge in [-0.1, -0.05) is 13.0 Å². The molecule has 0 spiro atoms. The molecule has 0 aliphatic rings. The predicted octanol–water partition coefficient (Wildman–Crippen LogP) is 0.725. The lowest BCUT2D eigenvalue weighted by Gasteiger charge is -2.10. The number of rotatable bonds is 6. The Morgan fingerprint density at radius 1 is 1.56 bits per heavy atom. The molecular weight excluding hydrogens is 202 g/mol. The molecule has 4 nitrogen and oxygen atoms in total. The SMILES string of the molecule is CC(CCN)C(=O)NCCc1ccccn1. The second-order valence-electron chi connectivity index (χ2n) is 3.84. The van der Waals surface area contributed by atoms with E-state index < -0.39 is 0 Å². The largest absolute Gasteiger partial charge is 0.355 e. The molecule has 1 aromatic heterocycles. The van der Waals surface area contributed by atoms with Crippen LogP contribution >= 0.6 is 0 Å². The van der Waals surface area contributed by atoms with Gasteiger partial charge in [-0.25, -0.2) is 0 Å². The fraction of sp³-hybridized carbons (Fsp3) is 0.500. The number of carbonyl (C=O) groups is 1. The number of pyridine rings is 1. The monoisotopic (exact) mass is 221 g/mol. The molecule has 16 heavy (non-hydrogen) atoms. The number of aromatic nitrogens is 1. The zero-order valence-electron chi connectivity index (χ0n) is 9.65. The molecule has 4 heteroatoms. The van der Waals surface area contributed by atoms with Crippen LogP contribution in [0.3, 0.4) is 0 Å². The van der Waals surface area contributed by atoms with E-state index in [2.05, 4.69) is 10.3 Å². The van der Waals surface area contributed by atoms with Gasteiger partial charge in [-0.05, 0) is 25.1 Å². The van der Waals surface area contributed by atoms with Crippen molar-refractivity contribution in [2.45, 2.75) is 19.8 Å². The quantitative estimate of drug-likeness (QED) is 0.744. The first-order valence-corrected chi connectivity index (χ1v) is 5.61. The van der Waals surface area contributed by atoms with Crippen LogP contribution < -0.4 is 11.1 Å². The third kappa shape index (κ3) is 4.40. The standard InChI is InChI=1S/C12H19N3O/c1-10(5-7-13)12(16)15-9-6-11-4-2-3-8-14-11/h2-4,8,10H,5-7,9,13H2,1H3,(H,15,16). The Balaban J connectivity index is 2.23. The van der Waals surface area contributed by atoms with Crippen LogP contribution in [0.15, 0.2) is 24.4 Å². The minimum atomic E-state index is -0.00580. The van der Waals surface area contributed by atoms with E-state index in [0.717, 1.165) is 18.5 Å². The number of carbonyl (C=O) groups excluding carboxylic acids is 1. The highest BCUT2D eigenvalue weighted by atomic mass is 16.1. The molecule has 0 aromatic carbocycles. The molecule has 0 fully saturated rings. The summed E-state index contributed by atoms with van der Waals surface area (Å²) in [5.41, 5.74) is 6.39. The van der Waals surface area contributed by atoms with E-state index >= 15 is 0 Å². The van der Waals surface area contributed by atoms with E-state index in [4.69, 9.17) is 5.73 Å². The molecule has 1 atom stereocenters. The summed E-state index contributed by atoms with van der Waals surface area (Å²) in [6.07, 6.45) is 3.26. The maximum absolute atomic E-state index is 11.5. The maximum atomic E-state index is 11.5. The molecule has 0 bridgehead atoms. The minimum absolute atomic E-state index is 0.00580. The number of nitrogens with one attached hydrogen (secondary N) is 1. The summed E-state index contributed by atoms with van der Waals surface area (Å²) in [5.74, 6) is 0.0649. The normalized spacial score (nSPS) is 12.1. The Bertz CT molecular complexity index is 313. The molecule has 0 saturated heterocycles. The fourth-order valence-corrected chi connectivity index (χ4v) is 1.42. The van der Waals surface area contributed by atoms with E-state index in [1.54, 1.807) is 6.20 Å². The van der Waals surface area contributed by atoms with Gasteiger partial charge < -0.3 is 11.1 Å². The molecule has 1 unspecified atom stereocenters. The van der Waals surface area contributed by atoms with Crippen molar-refractivity contribution >= 4 is 5.91 Å². The van der Waals surface area contributed by atoms with Crippen molar-refractivity contribution in [2.75, 3.05) is 13.1 Å². The van der Waals surface area contributed by atoms with E-state index in [0.29, 0.717) is 13.1 Å². The van der Waals surface area contributed by atoms with Crippen LogP contribution in [0.2, 0.25) is 0 Å². The van der Waals surface area contributed by atoms with Gasteiger partial charge in [-0.3, -0.25) is 9.78 Å². The maximum Gasteiger partial charge on any atom is 0.222 e. The average molecular weight is 221 g/mol. The van der Waals surface area contributed by atoms with Gasteiger partial charge in [-0.15, -0.1) is 0 Å². The molecule has 1 aromatic rings. The third-order valence-corrected chi connectivity index (χ3v) is 2.45. The van der Waals surface area contributed by atoms with Crippen LogP contribution in [0, 0.1) is 5.92 Å². The third-order valence-electron chi connectivity index (χ3n) is 2.45. The lowest BCUT2D eigenvalue weighted by molar-refractivity contribution is -0.124. The number of nitrogens with two attached hydrogens (primary N) is 1. The summed E-state index contributed by atoms with van der Waals surface area (Å²) in [6, 6.07) is 5.78. The summed E-state index contributed by atoms with van der Waals surface area (Å²) in [6.45, 7) is 3.07. The van der Waals surface area contributed by atoms with Crippen molar-refractivity contribution < 1.29 is 4.79 Å². The Kier molecular flexibility index (Phi) is 5.50. The molecule has 1 amide bonds. The Labute approximate surface area is 96.3 Å². The number of amides is 1. The van der Waals surface area contributed by atoms with Gasteiger partial charge in [0.1, 0.15) is 0 Å². The zero-order valence-corrected chi connectivity index (χ0v) is 9.65. The second-order valence-corrected chi connectivity index (χ2v) is 3.84. The van der Waals surface area contributed by atoms with Crippen LogP contribution in [-0.4, -0.2) is 24.0 Å². The average Bonchev–Trinajstić information content (AvgIpc) is 2.30.